The lowest BCUT2D eigenvalue weighted by molar-refractivity contribution is -0.134. The van der Waals surface area contributed by atoms with Gasteiger partial charge in [0.05, 0.1) is 0 Å². The Balaban J connectivity index is 2.04. The zero-order valence-corrected chi connectivity index (χ0v) is 6.51. The molecule has 1 aliphatic carbocycles. The largest absolute Gasteiger partial charge is 0.458 e. The van der Waals surface area contributed by atoms with Gasteiger partial charge in [0, 0.05) is 6.08 Å². The summed E-state index contributed by atoms with van der Waals surface area (Å²) in [6, 6.07) is 0. The van der Waals surface area contributed by atoms with Gasteiger partial charge in [0.1, 0.15) is 6.61 Å². The topological polar surface area (TPSA) is 26.3 Å². The third-order valence-electron chi connectivity index (χ3n) is 2.56. The lowest BCUT2D eigenvalue weighted by atomic mass is 9.99. The molecule has 0 N–H and O–H groups in total. The van der Waals surface area contributed by atoms with E-state index in [0.29, 0.717) is 12.5 Å². The normalized spacial score (nSPS) is 25.5. The molecule has 1 heterocycles. The minimum atomic E-state index is -0.146. The van der Waals surface area contributed by atoms with Gasteiger partial charge in [-0.3, -0.25) is 0 Å². The Morgan fingerprint density at radius 2 is 2.09 bits per heavy atom. The standard InChI is InChI=1S/C9H12O2/c10-9-5-8(6-11-9)7-3-1-2-4-7/h5,7H,1-4,6H2. The second kappa shape index (κ2) is 2.68. The van der Waals surface area contributed by atoms with Crippen molar-refractivity contribution in [3.8, 4) is 0 Å². The number of carbonyl (C=O) groups excluding carboxylic acids is 1. The lowest BCUT2D eigenvalue weighted by Crippen LogP contribution is -2.00. The molecule has 2 aliphatic rings. The third-order valence-corrected chi connectivity index (χ3v) is 2.56. The van der Waals surface area contributed by atoms with Crippen molar-refractivity contribution in [3.63, 3.8) is 0 Å². The van der Waals surface area contributed by atoms with Crippen molar-refractivity contribution in [2.75, 3.05) is 6.61 Å². The fraction of sp³-hybridized carbons (Fsp3) is 0.667. The molecule has 2 nitrogen and oxygen atoms in total. The van der Waals surface area contributed by atoms with E-state index >= 15 is 0 Å². The minimum Gasteiger partial charge on any atom is -0.458 e. The summed E-state index contributed by atoms with van der Waals surface area (Å²) in [5.74, 6) is 0.508. The molecule has 1 fully saturated rings. The molecule has 1 aliphatic heterocycles. The van der Waals surface area contributed by atoms with E-state index in [2.05, 4.69) is 0 Å². The highest BCUT2D eigenvalue weighted by Gasteiger charge is 2.24. The molecule has 0 amide bonds. The quantitative estimate of drug-likeness (QED) is 0.534. The molecule has 2 rings (SSSR count). The first-order valence-electron chi connectivity index (χ1n) is 4.23. The van der Waals surface area contributed by atoms with Crippen LogP contribution in [0, 0.1) is 5.92 Å². The van der Waals surface area contributed by atoms with Gasteiger partial charge >= 0.3 is 5.97 Å². The van der Waals surface area contributed by atoms with E-state index in [-0.39, 0.29) is 5.97 Å². The maximum absolute atomic E-state index is 10.7. The molecule has 0 spiro atoms. The first kappa shape index (κ1) is 6.89. The first-order chi connectivity index (χ1) is 5.36. The average Bonchev–Trinajstić information content (AvgIpc) is 2.55. The Kier molecular flexibility index (Phi) is 1.68. The van der Waals surface area contributed by atoms with Crippen LogP contribution in [0.2, 0.25) is 0 Å². The van der Waals surface area contributed by atoms with E-state index in [1.165, 1.54) is 31.3 Å². The van der Waals surface area contributed by atoms with Gasteiger partial charge in [-0.05, 0) is 24.3 Å². The highest BCUT2D eigenvalue weighted by atomic mass is 16.5. The molecule has 0 saturated heterocycles. The molecule has 11 heavy (non-hydrogen) atoms. The molecule has 0 aromatic carbocycles. The average molecular weight is 152 g/mol. The molecule has 0 aromatic rings. The number of cyclic esters (lactones) is 1. The Morgan fingerprint density at radius 1 is 1.36 bits per heavy atom. The summed E-state index contributed by atoms with van der Waals surface area (Å²) in [5.41, 5.74) is 1.23. The molecule has 60 valence electrons. The van der Waals surface area contributed by atoms with Crippen LogP contribution in [-0.4, -0.2) is 12.6 Å². The van der Waals surface area contributed by atoms with Crippen LogP contribution in [-0.2, 0) is 9.53 Å². The van der Waals surface area contributed by atoms with Gasteiger partial charge in [0.25, 0.3) is 0 Å². The van der Waals surface area contributed by atoms with Crippen molar-refractivity contribution in [1.29, 1.82) is 0 Å². The smallest absolute Gasteiger partial charge is 0.331 e. The summed E-state index contributed by atoms with van der Waals surface area (Å²) in [6.45, 7) is 0.559. The lowest BCUT2D eigenvalue weighted by Gasteiger charge is -2.06. The number of ether oxygens (including phenoxy) is 1. The van der Waals surface area contributed by atoms with E-state index in [4.69, 9.17) is 4.74 Å². The van der Waals surface area contributed by atoms with Crippen molar-refractivity contribution in [2.24, 2.45) is 5.92 Å². The van der Waals surface area contributed by atoms with Gasteiger partial charge in [0.2, 0.25) is 0 Å². The maximum Gasteiger partial charge on any atom is 0.331 e. The Hall–Kier alpha value is -0.790. The summed E-state index contributed by atoms with van der Waals surface area (Å²) < 4.78 is 4.85. The highest BCUT2D eigenvalue weighted by Crippen LogP contribution is 2.32. The van der Waals surface area contributed by atoms with Crippen LogP contribution in [0.25, 0.3) is 0 Å². The monoisotopic (exact) mass is 152 g/mol. The number of rotatable bonds is 1. The Morgan fingerprint density at radius 3 is 2.64 bits per heavy atom. The second-order valence-electron chi connectivity index (χ2n) is 3.31. The van der Waals surface area contributed by atoms with E-state index in [1.807, 2.05) is 0 Å². The van der Waals surface area contributed by atoms with Crippen LogP contribution in [0.4, 0.5) is 0 Å². The number of esters is 1. The van der Waals surface area contributed by atoms with E-state index < -0.39 is 0 Å². The predicted octanol–water partition coefficient (Wildman–Crippen LogP) is 1.66. The number of hydrogen-bond donors (Lipinski definition) is 0. The van der Waals surface area contributed by atoms with Crippen LogP contribution < -0.4 is 0 Å². The minimum absolute atomic E-state index is 0.146. The molecule has 0 aromatic heterocycles. The van der Waals surface area contributed by atoms with E-state index in [9.17, 15) is 4.79 Å². The number of hydrogen-bond acceptors (Lipinski definition) is 2. The van der Waals surface area contributed by atoms with Crippen LogP contribution in [0.3, 0.4) is 0 Å². The predicted molar refractivity (Wildman–Crippen MR) is 41.0 cm³/mol. The molecular formula is C9H12O2. The summed E-state index contributed by atoms with van der Waals surface area (Å²) in [6.07, 6.45) is 6.81. The molecule has 1 saturated carbocycles. The summed E-state index contributed by atoms with van der Waals surface area (Å²) in [7, 11) is 0. The van der Waals surface area contributed by atoms with Crippen molar-refractivity contribution < 1.29 is 9.53 Å². The van der Waals surface area contributed by atoms with Gasteiger partial charge in [-0.25, -0.2) is 4.79 Å². The second-order valence-corrected chi connectivity index (χ2v) is 3.31. The fourth-order valence-electron chi connectivity index (χ4n) is 1.92. The fourth-order valence-corrected chi connectivity index (χ4v) is 1.92. The third kappa shape index (κ3) is 1.30. The SMILES string of the molecule is O=C1C=C(C2CCCC2)CO1. The van der Waals surface area contributed by atoms with Gasteiger partial charge < -0.3 is 4.74 Å². The van der Waals surface area contributed by atoms with Crippen LogP contribution >= 0.6 is 0 Å². The van der Waals surface area contributed by atoms with Crippen LogP contribution in [0.1, 0.15) is 25.7 Å². The summed E-state index contributed by atoms with van der Waals surface area (Å²) >= 11 is 0. The molecule has 0 radical (unpaired) electrons. The Bertz CT molecular complexity index is 200. The molecule has 2 heteroatoms. The molecular weight excluding hydrogens is 140 g/mol. The molecule has 0 bridgehead atoms. The zero-order valence-electron chi connectivity index (χ0n) is 6.51. The van der Waals surface area contributed by atoms with Crippen molar-refractivity contribution in [2.45, 2.75) is 25.7 Å². The highest BCUT2D eigenvalue weighted by molar-refractivity contribution is 5.85. The molecule has 0 unspecified atom stereocenters. The first-order valence-corrected chi connectivity index (χ1v) is 4.23. The van der Waals surface area contributed by atoms with Gasteiger partial charge in [-0.2, -0.15) is 0 Å². The molecule has 0 atom stereocenters. The van der Waals surface area contributed by atoms with Gasteiger partial charge in [-0.1, -0.05) is 12.8 Å². The van der Waals surface area contributed by atoms with Crippen molar-refractivity contribution in [3.05, 3.63) is 11.6 Å². The van der Waals surface area contributed by atoms with Crippen molar-refractivity contribution in [1.82, 2.24) is 0 Å². The van der Waals surface area contributed by atoms with Gasteiger partial charge in [-0.15, -0.1) is 0 Å². The van der Waals surface area contributed by atoms with E-state index in [0.717, 1.165) is 0 Å². The summed E-state index contributed by atoms with van der Waals surface area (Å²) in [5, 5.41) is 0. The van der Waals surface area contributed by atoms with Crippen LogP contribution in [0.15, 0.2) is 11.6 Å². The van der Waals surface area contributed by atoms with Crippen molar-refractivity contribution >= 4 is 5.97 Å². The summed E-state index contributed by atoms with van der Waals surface area (Å²) in [4.78, 5) is 10.7. The van der Waals surface area contributed by atoms with Gasteiger partial charge in [0.15, 0.2) is 0 Å². The maximum atomic E-state index is 10.7. The van der Waals surface area contributed by atoms with E-state index in [1.54, 1.807) is 6.08 Å². The zero-order chi connectivity index (χ0) is 7.68. The Labute approximate surface area is 66.2 Å². The number of carbonyl (C=O) groups is 1. The van der Waals surface area contributed by atoms with Crippen LogP contribution in [0.5, 0.6) is 0 Å².